The maximum Gasteiger partial charge on any atom is 0.307 e. The molecule has 2 aliphatic rings. The fourth-order valence-corrected chi connectivity index (χ4v) is 2.73. The second-order valence-electron chi connectivity index (χ2n) is 5.00. The van der Waals surface area contributed by atoms with E-state index in [-0.39, 0.29) is 11.8 Å². The van der Waals surface area contributed by atoms with E-state index in [1.807, 2.05) is 0 Å². The maximum absolute atomic E-state index is 11.9. The van der Waals surface area contributed by atoms with Crippen LogP contribution in [-0.2, 0) is 9.59 Å². The van der Waals surface area contributed by atoms with E-state index in [1.54, 1.807) is 0 Å². The van der Waals surface area contributed by atoms with E-state index in [9.17, 15) is 9.59 Å². The lowest BCUT2D eigenvalue weighted by atomic mass is 9.95. The molecule has 2 aliphatic carbocycles. The van der Waals surface area contributed by atoms with Crippen molar-refractivity contribution in [1.82, 2.24) is 5.32 Å². The summed E-state index contributed by atoms with van der Waals surface area (Å²) in [7, 11) is 0. The minimum Gasteiger partial charge on any atom is -0.481 e. The SMILES string of the molecule is CCC1CC1NC(=O)[C@@H]1CCC[C@@H]1C(=O)O. The summed E-state index contributed by atoms with van der Waals surface area (Å²) in [5.41, 5.74) is 0. The lowest BCUT2D eigenvalue weighted by molar-refractivity contribution is -0.146. The van der Waals surface area contributed by atoms with Gasteiger partial charge >= 0.3 is 5.97 Å². The van der Waals surface area contributed by atoms with Crippen molar-refractivity contribution in [1.29, 1.82) is 0 Å². The molecule has 2 N–H and O–H groups in total. The largest absolute Gasteiger partial charge is 0.481 e. The Hall–Kier alpha value is -1.06. The van der Waals surface area contributed by atoms with Crippen molar-refractivity contribution in [2.45, 2.75) is 45.1 Å². The van der Waals surface area contributed by atoms with Crippen LogP contribution < -0.4 is 5.32 Å². The summed E-state index contributed by atoms with van der Waals surface area (Å²) in [4.78, 5) is 22.9. The molecule has 4 atom stereocenters. The summed E-state index contributed by atoms with van der Waals surface area (Å²) >= 11 is 0. The molecule has 0 bridgehead atoms. The van der Waals surface area contributed by atoms with Gasteiger partial charge in [0, 0.05) is 6.04 Å². The van der Waals surface area contributed by atoms with Gasteiger partial charge in [-0.1, -0.05) is 19.8 Å². The number of rotatable bonds is 4. The van der Waals surface area contributed by atoms with Crippen molar-refractivity contribution < 1.29 is 14.7 Å². The fourth-order valence-electron chi connectivity index (χ4n) is 2.73. The quantitative estimate of drug-likeness (QED) is 0.760. The Kier molecular flexibility index (Phi) is 3.17. The summed E-state index contributed by atoms with van der Waals surface area (Å²) < 4.78 is 0. The average Bonchev–Trinajstić information content (AvgIpc) is 2.80. The molecule has 0 aliphatic heterocycles. The Balaban J connectivity index is 1.87. The summed E-state index contributed by atoms with van der Waals surface area (Å²) in [5, 5.41) is 12.0. The third-order valence-corrected chi connectivity index (χ3v) is 3.94. The third kappa shape index (κ3) is 2.20. The fraction of sp³-hybridized carbons (Fsp3) is 0.833. The highest BCUT2D eigenvalue weighted by Crippen LogP contribution is 2.36. The topological polar surface area (TPSA) is 66.4 Å². The van der Waals surface area contributed by atoms with Crippen LogP contribution in [0.1, 0.15) is 39.0 Å². The molecule has 0 aromatic heterocycles. The highest BCUT2D eigenvalue weighted by atomic mass is 16.4. The molecule has 2 unspecified atom stereocenters. The molecular weight excluding hydrogens is 206 g/mol. The summed E-state index contributed by atoms with van der Waals surface area (Å²) in [6, 6.07) is 0.313. The molecule has 2 rings (SSSR count). The Morgan fingerprint density at radius 2 is 2.00 bits per heavy atom. The monoisotopic (exact) mass is 225 g/mol. The standard InChI is InChI=1S/C12H19NO3/c1-2-7-6-10(7)13-11(14)8-4-3-5-9(8)12(15)16/h7-10H,2-6H2,1H3,(H,13,14)(H,15,16)/t7?,8-,9+,10?/m1/s1. The molecule has 2 fully saturated rings. The number of carboxylic acid groups (broad SMARTS) is 1. The van der Waals surface area contributed by atoms with Gasteiger partial charge in [0.1, 0.15) is 0 Å². The van der Waals surface area contributed by atoms with Crippen LogP contribution in [-0.4, -0.2) is 23.0 Å². The number of hydrogen-bond acceptors (Lipinski definition) is 2. The van der Waals surface area contributed by atoms with Crippen LogP contribution in [0.5, 0.6) is 0 Å². The maximum atomic E-state index is 11.9. The van der Waals surface area contributed by atoms with Crippen molar-refractivity contribution in [2.75, 3.05) is 0 Å². The smallest absolute Gasteiger partial charge is 0.307 e. The van der Waals surface area contributed by atoms with Crippen LogP contribution in [0.25, 0.3) is 0 Å². The number of hydrogen-bond donors (Lipinski definition) is 2. The van der Waals surface area contributed by atoms with Crippen LogP contribution in [0.15, 0.2) is 0 Å². The van der Waals surface area contributed by atoms with Crippen molar-refractivity contribution in [2.24, 2.45) is 17.8 Å². The van der Waals surface area contributed by atoms with Crippen molar-refractivity contribution >= 4 is 11.9 Å². The predicted octanol–water partition coefficient (Wildman–Crippen LogP) is 1.40. The molecule has 4 heteroatoms. The van der Waals surface area contributed by atoms with E-state index in [4.69, 9.17) is 5.11 Å². The summed E-state index contributed by atoms with van der Waals surface area (Å²) in [6.45, 7) is 2.12. The first-order valence-electron chi connectivity index (χ1n) is 6.16. The lowest BCUT2D eigenvalue weighted by Gasteiger charge is -2.15. The molecule has 0 heterocycles. The van der Waals surface area contributed by atoms with Gasteiger partial charge in [0.25, 0.3) is 0 Å². The van der Waals surface area contributed by atoms with Crippen molar-refractivity contribution in [3.05, 3.63) is 0 Å². The van der Waals surface area contributed by atoms with Gasteiger partial charge in [0.15, 0.2) is 0 Å². The summed E-state index contributed by atoms with van der Waals surface area (Å²) in [6.07, 6.45) is 4.39. The number of nitrogens with one attached hydrogen (secondary N) is 1. The normalized spacial score (nSPS) is 37.1. The Labute approximate surface area is 95.4 Å². The first-order chi connectivity index (χ1) is 7.63. The van der Waals surface area contributed by atoms with Crippen LogP contribution in [0.2, 0.25) is 0 Å². The second kappa shape index (κ2) is 4.44. The van der Waals surface area contributed by atoms with Gasteiger partial charge in [0.2, 0.25) is 5.91 Å². The van der Waals surface area contributed by atoms with Crippen LogP contribution in [0.3, 0.4) is 0 Å². The lowest BCUT2D eigenvalue weighted by Crippen LogP contribution is -2.37. The highest BCUT2D eigenvalue weighted by Gasteiger charge is 2.42. The molecule has 0 spiro atoms. The molecule has 90 valence electrons. The van der Waals surface area contributed by atoms with Gasteiger partial charge in [-0.05, 0) is 25.2 Å². The van der Waals surface area contributed by atoms with Gasteiger partial charge in [0.05, 0.1) is 11.8 Å². The minimum absolute atomic E-state index is 0.0362. The number of aliphatic carboxylic acids is 1. The van der Waals surface area contributed by atoms with E-state index >= 15 is 0 Å². The average molecular weight is 225 g/mol. The first kappa shape index (κ1) is 11.4. The zero-order chi connectivity index (χ0) is 11.7. The van der Waals surface area contributed by atoms with E-state index in [2.05, 4.69) is 12.2 Å². The molecule has 0 saturated heterocycles. The third-order valence-electron chi connectivity index (χ3n) is 3.94. The number of carboxylic acids is 1. The molecule has 2 saturated carbocycles. The molecule has 1 amide bonds. The number of amides is 1. The van der Waals surface area contributed by atoms with Crippen LogP contribution in [0.4, 0.5) is 0 Å². The molecule has 16 heavy (non-hydrogen) atoms. The van der Waals surface area contributed by atoms with Gasteiger partial charge in [-0.3, -0.25) is 9.59 Å². The van der Waals surface area contributed by atoms with E-state index in [0.717, 1.165) is 25.7 Å². The van der Waals surface area contributed by atoms with Crippen molar-refractivity contribution in [3.63, 3.8) is 0 Å². The molecule has 4 nitrogen and oxygen atoms in total. The number of carbonyl (C=O) groups excluding carboxylic acids is 1. The Morgan fingerprint density at radius 3 is 2.56 bits per heavy atom. The molecule has 0 aromatic rings. The first-order valence-corrected chi connectivity index (χ1v) is 6.16. The molecule has 0 radical (unpaired) electrons. The van der Waals surface area contributed by atoms with Crippen LogP contribution in [0, 0.1) is 17.8 Å². The Morgan fingerprint density at radius 1 is 1.31 bits per heavy atom. The predicted molar refractivity (Wildman–Crippen MR) is 58.8 cm³/mol. The molecule has 0 aromatic carbocycles. The zero-order valence-electron chi connectivity index (χ0n) is 9.61. The van der Waals surface area contributed by atoms with Crippen LogP contribution >= 0.6 is 0 Å². The second-order valence-corrected chi connectivity index (χ2v) is 5.00. The van der Waals surface area contributed by atoms with Gasteiger partial charge in [-0.15, -0.1) is 0 Å². The van der Waals surface area contributed by atoms with Crippen molar-refractivity contribution in [3.8, 4) is 0 Å². The molecular formula is C12H19NO3. The van der Waals surface area contributed by atoms with Gasteiger partial charge in [-0.2, -0.15) is 0 Å². The zero-order valence-corrected chi connectivity index (χ0v) is 9.61. The van der Waals surface area contributed by atoms with E-state index in [0.29, 0.717) is 18.4 Å². The van der Waals surface area contributed by atoms with E-state index in [1.165, 1.54) is 0 Å². The van der Waals surface area contributed by atoms with Gasteiger partial charge in [-0.25, -0.2) is 0 Å². The van der Waals surface area contributed by atoms with E-state index < -0.39 is 11.9 Å². The minimum atomic E-state index is -0.819. The summed E-state index contributed by atoms with van der Waals surface area (Å²) in [5.74, 6) is -0.991. The number of carbonyl (C=O) groups is 2. The highest BCUT2D eigenvalue weighted by molar-refractivity contribution is 5.85. The Bertz CT molecular complexity index is 303. The van der Waals surface area contributed by atoms with Gasteiger partial charge < -0.3 is 10.4 Å².